The molecule has 0 unspecified atom stereocenters. The zero-order valence-electron chi connectivity index (χ0n) is 23.1. The number of hydrogen-bond donors (Lipinski definition) is 0. The lowest BCUT2D eigenvalue weighted by Crippen LogP contribution is -2.40. The third-order valence-corrected chi connectivity index (χ3v) is 9.37. The normalized spacial score (nSPS) is 12.3. The Balaban J connectivity index is 1.86. The molecule has 0 atom stereocenters. The Morgan fingerprint density at radius 1 is 0.842 bits per heavy atom. The minimum absolute atomic E-state index is 0.192. The molecule has 0 aliphatic rings. The van der Waals surface area contributed by atoms with Gasteiger partial charge in [-0.05, 0) is 64.3 Å². The molecule has 0 fully saturated rings. The number of ketones is 1. The first-order valence-corrected chi connectivity index (χ1v) is 14.3. The fraction of sp³-hybridized carbons (Fsp3) is 0.312. The fourth-order valence-corrected chi connectivity index (χ4v) is 6.90. The molecule has 200 valence electrons. The first-order chi connectivity index (χ1) is 17.8. The molecular weight excluding hydrogens is 495 g/mol. The quantitative estimate of drug-likeness (QED) is 0.202. The average Bonchev–Trinajstić information content (AvgIpc) is 2.90. The molecule has 0 saturated carbocycles. The molecule has 3 rings (SSSR count). The van der Waals surface area contributed by atoms with Gasteiger partial charge in [-0.3, -0.25) is 9.59 Å². The largest absolute Gasteiger partial charge is 0.369 e. The van der Waals surface area contributed by atoms with E-state index in [1.54, 1.807) is 62.4 Å². The summed E-state index contributed by atoms with van der Waals surface area (Å²) < 4.78 is 26.5. The Morgan fingerprint density at radius 2 is 1.32 bits per heavy atom. The molecule has 0 radical (unpaired) electrons. The highest BCUT2D eigenvalue weighted by Crippen LogP contribution is 2.48. The van der Waals surface area contributed by atoms with E-state index in [2.05, 4.69) is 6.58 Å². The molecule has 0 spiro atoms. The first kappa shape index (κ1) is 29.4. The Kier molecular flexibility index (Phi) is 9.09. The summed E-state index contributed by atoms with van der Waals surface area (Å²) in [4.78, 5) is 26.1. The van der Waals surface area contributed by atoms with Crippen LogP contribution in [0.1, 0.15) is 54.7 Å². The van der Waals surface area contributed by atoms with Crippen LogP contribution in [0.25, 0.3) is 0 Å². The standard InChI is InChI=1S/C32H37O5P/c1-8-28(33)32(6,7)37-22-31(4,5)36-21-25-19-23(2)29(24(3)20-25)30(34)38(35,26-15-11-9-12-16-26)27-17-13-10-14-18-27/h8-20H,1,21-22H2,2-7H3. The van der Waals surface area contributed by atoms with Crippen molar-refractivity contribution in [1.29, 1.82) is 0 Å². The summed E-state index contributed by atoms with van der Waals surface area (Å²) in [6.45, 7) is 15.0. The zero-order chi connectivity index (χ0) is 28.1. The van der Waals surface area contributed by atoms with Crippen molar-refractivity contribution in [2.45, 2.75) is 59.4 Å². The summed E-state index contributed by atoms with van der Waals surface area (Å²) in [6, 6.07) is 21.7. The lowest BCUT2D eigenvalue weighted by Gasteiger charge is -2.30. The van der Waals surface area contributed by atoms with Gasteiger partial charge in [0.05, 0.1) is 18.8 Å². The number of ether oxygens (including phenoxy) is 2. The van der Waals surface area contributed by atoms with Gasteiger partial charge in [-0.1, -0.05) is 79.4 Å². The number of carbonyl (C=O) groups is 2. The van der Waals surface area contributed by atoms with Crippen LogP contribution < -0.4 is 10.6 Å². The van der Waals surface area contributed by atoms with Crippen molar-refractivity contribution in [2.24, 2.45) is 0 Å². The smallest absolute Gasteiger partial charge is 0.230 e. The summed E-state index contributed by atoms with van der Waals surface area (Å²) in [6.07, 6.45) is 1.26. The van der Waals surface area contributed by atoms with Gasteiger partial charge in [-0.15, -0.1) is 0 Å². The highest BCUT2D eigenvalue weighted by molar-refractivity contribution is 7.93. The van der Waals surface area contributed by atoms with Crippen molar-refractivity contribution in [1.82, 2.24) is 0 Å². The van der Waals surface area contributed by atoms with Crippen LogP contribution in [0, 0.1) is 13.8 Å². The van der Waals surface area contributed by atoms with Crippen LogP contribution in [0.15, 0.2) is 85.5 Å². The van der Waals surface area contributed by atoms with E-state index < -0.39 is 18.3 Å². The van der Waals surface area contributed by atoms with Crippen LogP contribution in [0.3, 0.4) is 0 Å². The van der Waals surface area contributed by atoms with Gasteiger partial charge in [0.2, 0.25) is 12.7 Å². The number of carbonyl (C=O) groups excluding carboxylic acids is 2. The topological polar surface area (TPSA) is 69.7 Å². The third kappa shape index (κ3) is 6.47. The highest BCUT2D eigenvalue weighted by Gasteiger charge is 2.38. The number of hydrogen-bond acceptors (Lipinski definition) is 5. The van der Waals surface area contributed by atoms with Crippen LogP contribution in [0.5, 0.6) is 0 Å². The molecule has 0 bridgehead atoms. The van der Waals surface area contributed by atoms with E-state index in [4.69, 9.17) is 9.47 Å². The summed E-state index contributed by atoms with van der Waals surface area (Å²) in [5.74, 6) is -0.192. The maximum absolute atomic E-state index is 14.6. The van der Waals surface area contributed by atoms with E-state index in [0.717, 1.165) is 16.7 Å². The van der Waals surface area contributed by atoms with E-state index in [0.29, 0.717) is 16.2 Å². The molecule has 38 heavy (non-hydrogen) atoms. The van der Waals surface area contributed by atoms with Crippen LogP contribution in [0.2, 0.25) is 0 Å². The molecule has 0 N–H and O–H groups in total. The number of aryl methyl sites for hydroxylation is 2. The van der Waals surface area contributed by atoms with Gasteiger partial charge >= 0.3 is 0 Å². The maximum Gasteiger partial charge on any atom is 0.230 e. The van der Waals surface area contributed by atoms with Crippen molar-refractivity contribution in [3.05, 3.63) is 108 Å². The Labute approximate surface area is 226 Å². The third-order valence-electron chi connectivity index (χ3n) is 6.52. The SMILES string of the molecule is C=CC(=O)C(C)(C)OCC(C)(C)OCc1cc(C)c(C(=O)P(=O)(c2ccccc2)c2ccccc2)c(C)c1. The molecule has 0 aliphatic heterocycles. The van der Waals surface area contributed by atoms with E-state index >= 15 is 0 Å². The number of rotatable bonds is 12. The predicted octanol–water partition coefficient (Wildman–Crippen LogP) is 6.30. The van der Waals surface area contributed by atoms with E-state index in [1.807, 2.05) is 52.0 Å². The van der Waals surface area contributed by atoms with Gasteiger partial charge in [-0.25, -0.2) is 0 Å². The lowest BCUT2D eigenvalue weighted by molar-refractivity contribution is -0.150. The average molecular weight is 533 g/mol. The van der Waals surface area contributed by atoms with E-state index in [9.17, 15) is 14.2 Å². The maximum atomic E-state index is 14.6. The van der Waals surface area contributed by atoms with Crippen molar-refractivity contribution >= 4 is 29.1 Å². The molecule has 6 heteroatoms. The Bertz CT molecular complexity index is 1290. The molecule has 0 saturated heterocycles. The molecule has 0 amide bonds. The van der Waals surface area contributed by atoms with Crippen LogP contribution in [0.4, 0.5) is 0 Å². The molecule has 0 heterocycles. The molecule has 3 aromatic carbocycles. The molecule has 0 aromatic heterocycles. The second-order valence-electron chi connectivity index (χ2n) is 10.6. The second-order valence-corrected chi connectivity index (χ2v) is 13.3. The fourth-order valence-electron chi connectivity index (χ4n) is 4.28. The monoisotopic (exact) mass is 532 g/mol. The van der Waals surface area contributed by atoms with Gasteiger partial charge in [0, 0.05) is 16.2 Å². The summed E-state index contributed by atoms with van der Waals surface area (Å²) in [5, 5.41) is 1.03. The van der Waals surface area contributed by atoms with Crippen LogP contribution in [-0.4, -0.2) is 29.1 Å². The van der Waals surface area contributed by atoms with Gasteiger partial charge < -0.3 is 14.0 Å². The summed E-state index contributed by atoms with van der Waals surface area (Å²) in [7, 11) is -3.61. The van der Waals surface area contributed by atoms with E-state index in [-0.39, 0.29) is 24.5 Å². The van der Waals surface area contributed by atoms with Crippen molar-refractivity contribution in [3.8, 4) is 0 Å². The van der Waals surface area contributed by atoms with Crippen molar-refractivity contribution in [3.63, 3.8) is 0 Å². The molecular formula is C32H37O5P. The lowest BCUT2D eigenvalue weighted by atomic mass is 10.00. The van der Waals surface area contributed by atoms with Crippen LogP contribution >= 0.6 is 7.14 Å². The van der Waals surface area contributed by atoms with Crippen molar-refractivity contribution in [2.75, 3.05) is 6.61 Å². The Hall–Kier alpha value is -3.11. The second kappa shape index (κ2) is 11.7. The first-order valence-electron chi connectivity index (χ1n) is 12.6. The van der Waals surface area contributed by atoms with Gasteiger partial charge in [0.1, 0.15) is 5.60 Å². The zero-order valence-corrected chi connectivity index (χ0v) is 24.0. The van der Waals surface area contributed by atoms with E-state index in [1.165, 1.54) is 6.08 Å². The molecule has 0 aliphatic carbocycles. The minimum Gasteiger partial charge on any atom is -0.369 e. The summed E-state index contributed by atoms with van der Waals surface area (Å²) in [5.41, 5.74) is 0.825. The Morgan fingerprint density at radius 3 is 1.76 bits per heavy atom. The van der Waals surface area contributed by atoms with Gasteiger partial charge in [0.15, 0.2) is 5.78 Å². The summed E-state index contributed by atoms with van der Waals surface area (Å²) >= 11 is 0. The van der Waals surface area contributed by atoms with Gasteiger partial charge in [0.25, 0.3) is 0 Å². The number of benzene rings is 3. The van der Waals surface area contributed by atoms with Crippen LogP contribution in [-0.2, 0) is 25.4 Å². The highest BCUT2D eigenvalue weighted by atomic mass is 31.2. The van der Waals surface area contributed by atoms with Crippen molar-refractivity contribution < 1.29 is 23.6 Å². The molecule has 5 nitrogen and oxygen atoms in total. The van der Waals surface area contributed by atoms with Gasteiger partial charge in [-0.2, -0.15) is 0 Å². The molecule has 3 aromatic rings. The predicted molar refractivity (Wildman–Crippen MR) is 154 cm³/mol. The minimum atomic E-state index is -3.61.